The van der Waals surface area contributed by atoms with Gasteiger partial charge in [0.2, 0.25) is 5.95 Å². The first-order valence-corrected chi connectivity index (χ1v) is 8.62. The van der Waals surface area contributed by atoms with Crippen molar-refractivity contribution in [3.63, 3.8) is 0 Å². The van der Waals surface area contributed by atoms with Crippen LogP contribution in [0.5, 0.6) is 0 Å². The number of aliphatic hydroxyl groups excluding tert-OH is 1. The molecule has 2 heterocycles. The highest BCUT2D eigenvalue weighted by Crippen LogP contribution is 2.19. The average Bonchev–Trinajstić information content (AvgIpc) is 2.62. The van der Waals surface area contributed by atoms with Crippen molar-refractivity contribution in [2.24, 2.45) is 0 Å². The van der Waals surface area contributed by atoms with Crippen LogP contribution in [0.1, 0.15) is 17.5 Å². The molecule has 1 aliphatic heterocycles. The molecule has 140 valence electrons. The third kappa shape index (κ3) is 4.72. The maximum atomic E-state index is 13.4. The van der Waals surface area contributed by atoms with Crippen molar-refractivity contribution in [2.75, 3.05) is 32.0 Å². The molecular formula is C18H23F2N5O. The molecule has 1 aromatic heterocycles. The summed E-state index contributed by atoms with van der Waals surface area (Å²) >= 11 is 0. The first kappa shape index (κ1) is 18.6. The molecule has 2 aromatic rings. The Morgan fingerprint density at radius 2 is 1.85 bits per heavy atom. The predicted molar refractivity (Wildman–Crippen MR) is 94.0 cm³/mol. The molecule has 1 aromatic carbocycles. The largest absolute Gasteiger partial charge is 0.396 e. The molecule has 0 aliphatic carbocycles. The number of piperazine rings is 1. The van der Waals surface area contributed by atoms with Gasteiger partial charge in [0.1, 0.15) is 0 Å². The van der Waals surface area contributed by atoms with Crippen LogP contribution >= 0.6 is 0 Å². The van der Waals surface area contributed by atoms with Crippen LogP contribution in [0.2, 0.25) is 0 Å². The van der Waals surface area contributed by atoms with Gasteiger partial charge in [0.05, 0.1) is 0 Å². The lowest BCUT2D eigenvalue weighted by molar-refractivity contribution is 0.0498. The van der Waals surface area contributed by atoms with Crippen molar-refractivity contribution in [3.8, 4) is 0 Å². The Kier molecular flexibility index (Phi) is 6.08. The van der Waals surface area contributed by atoms with E-state index in [1.807, 2.05) is 0 Å². The Balaban J connectivity index is 1.63. The maximum absolute atomic E-state index is 13.4. The number of rotatable bonds is 6. The molecule has 0 spiro atoms. The lowest BCUT2D eigenvalue weighted by Gasteiger charge is -2.41. The van der Waals surface area contributed by atoms with E-state index in [4.69, 9.17) is 5.73 Å². The normalized spacial score (nSPS) is 19.0. The van der Waals surface area contributed by atoms with Crippen LogP contribution in [0.25, 0.3) is 0 Å². The molecule has 8 heteroatoms. The van der Waals surface area contributed by atoms with E-state index in [1.165, 1.54) is 6.07 Å². The fourth-order valence-electron chi connectivity index (χ4n) is 3.31. The van der Waals surface area contributed by atoms with Crippen LogP contribution in [0.4, 0.5) is 14.7 Å². The van der Waals surface area contributed by atoms with Gasteiger partial charge >= 0.3 is 0 Å². The fraction of sp³-hybridized carbons (Fsp3) is 0.444. The van der Waals surface area contributed by atoms with Crippen LogP contribution in [0, 0.1) is 11.6 Å². The molecule has 0 radical (unpaired) electrons. The molecule has 3 rings (SSSR count). The topological polar surface area (TPSA) is 78.5 Å². The maximum Gasteiger partial charge on any atom is 0.219 e. The molecular weight excluding hydrogens is 340 g/mol. The predicted octanol–water partition coefficient (Wildman–Crippen LogP) is 1.41. The van der Waals surface area contributed by atoms with Crippen molar-refractivity contribution in [1.29, 1.82) is 0 Å². The smallest absolute Gasteiger partial charge is 0.219 e. The van der Waals surface area contributed by atoms with E-state index in [0.29, 0.717) is 19.5 Å². The van der Waals surface area contributed by atoms with E-state index in [-0.39, 0.29) is 18.6 Å². The highest BCUT2D eigenvalue weighted by molar-refractivity contribution is 5.18. The monoisotopic (exact) mass is 363 g/mol. The Hall–Kier alpha value is -2.16. The Bertz CT molecular complexity index is 728. The summed E-state index contributed by atoms with van der Waals surface area (Å²) in [5, 5.41) is 9.40. The summed E-state index contributed by atoms with van der Waals surface area (Å²) in [7, 11) is 0. The van der Waals surface area contributed by atoms with E-state index in [0.717, 1.165) is 36.8 Å². The summed E-state index contributed by atoms with van der Waals surface area (Å²) in [5.74, 6) is -1.41. The highest BCUT2D eigenvalue weighted by Gasteiger charge is 2.27. The summed E-state index contributed by atoms with van der Waals surface area (Å²) in [4.78, 5) is 12.5. The average molecular weight is 363 g/mol. The first-order valence-electron chi connectivity index (χ1n) is 8.62. The Morgan fingerprint density at radius 3 is 2.54 bits per heavy atom. The summed E-state index contributed by atoms with van der Waals surface area (Å²) in [5.41, 5.74) is 7.22. The number of nitrogens with two attached hydrogens (primary N) is 1. The van der Waals surface area contributed by atoms with Gasteiger partial charge in [-0.15, -0.1) is 0 Å². The summed E-state index contributed by atoms with van der Waals surface area (Å²) < 4.78 is 26.6. The molecule has 3 N–H and O–H groups in total. The molecule has 0 amide bonds. The molecule has 1 saturated heterocycles. The molecule has 1 unspecified atom stereocenters. The van der Waals surface area contributed by atoms with Crippen LogP contribution in [0.15, 0.2) is 30.6 Å². The van der Waals surface area contributed by atoms with E-state index >= 15 is 0 Å². The molecule has 0 saturated carbocycles. The van der Waals surface area contributed by atoms with Gasteiger partial charge in [-0.25, -0.2) is 18.7 Å². The van der Waals surface area contributed by atoms with Crippen LogP contribution in [-0.2, 0) is 13.1 Å². The van der Waals surface area contributed by atoms with E-state index < -0.39 is 11.6 Å². The zero-order chi connectivity index (χ0) is 18.5. The van der Waals surface area contributed by atoms with Crippen LogP contribution in [0.3, 0.4) is 0 Å². The molecule has 1 fully saturated rings. The van der Waals surface area contributed by atoms with Crippen molar-refractivity contribution < 1.29 is 13.9 Å². The van der Waals surface area contributed by atoms with Crippen molar-refractivity contribution >= 4 is 5.95 Å². The highest BCUT2D eigenvalue weighted by atomic mass is 19.2. The molecule has 1 atom stereocenters. The number of halogens is 2. The van der Waals surface area contributed by atoms with Gasteiger partial charge in [0.25, 0.3) is 0 Å². The number of hydrogen-bond acceptors (Lipinski definition) is 6. The number of aromatic nitrogens is 2. The number of aliphatic hydroxyl groups is 1. The number of benzene rings is 1. The van der Waals surface area contributed by atoms with Gasteiger partial charge in [-0.3, -0.25) is 9.80 Å². The van der Waals surface area contributed by atoms with Crippen molar-refractivity contribution in [1.82, 2.24) is 19.8 Å². The van der Waals surface area contributed by atoms with Gasteiger partial charge < -0.3 is 10.8 Å². The molecule has 6 nitrogen and oxygen atoms in total. The second-order valence-electron chi connectivity index (χ2n) is 6.57. The first-order chi connectivity index (χ1) is 12.5. The Labute approximate surface area is 151 Å². The number of nitrogen functional groups attached to an aromatic ring is 1. The second kappa shape index (κ2) is 8.48. The fourth-order valence-corrected chi connectivity index (χ4v) is 3.31. The zero-order valence-electron chi connectivity index (χ0n) is 14.5. The third-order valence-electron chi connectivity index (χ3n) is 4.65. The van der Waals surface area contributed by atoms with Crippen molar-refractivity contribution in [3.05, 3.63) is 53.4 Å². The summed E-state index contributed by atoms with van der Waals surface area (Å²) in [6, 6.07) is 4.13. The molecule has 1 aliphatic rings. The van der Waals surface area contributed by atoms with Gasteiger partial charge in [0, 0.05) is 63.3 Å². The number of hydrogen-bond donors (Lipinski definition) is 2. The number of anilines is 1. The minimum atomic E-state index is -0.837. The van der Waals surface area contributed by atoms with E-state index in [2.05, 4.69) is 19.8 Å². The molecule has 26 heavy (non-hydrogen) atoms. The van der Waals surface area contributed by atoms with Crippen LogP contribution in [-0.4, -0.2) is 57.2 Å². The lowest BCUT2D eigenvalue weighted by Crippen LogP contribution is -2.52. The minimum Gasteiger partial charge on any atom is -0.396 e. The van der Waals surface area contributed by atoms with Gasteiger partial charge in [-0.2, -0.15) is 0 Å². The lowest BCUT2D eigenvalue weighted by atomic mass is 10.1. The SMILES string of the molecule is Nc1ncc(CN2CCN(Cc3ccc(F)c(F)c3)C(CCO)C2)cn1. The van der Waals surface area contributed by atoms with E-state index in [9.17, 15) is 13.9 Å². The third-order valence-corrected chi connectivity index (χ3v) is 4.65. The van der Waals surface area contributed by atoms with Gasteiger partial charge in [-0.1, -0.05) is 6.07 Å². The Morgan fingerprint density at radius 1 is 1.08 bits per heavy atom. The van der Waals surface area contributed by atoms with Gasteiger partial charge in [-0.05, 0) is 24.1 Å². The number of nitrogens with zero attached hydrogens (tertiary/aromatic N) is 4. The second-order valence-corrected chi connectivity index (χ2v) is 6.57. The van der Waals surface area contributed by atoms with Crippen molar-refractivity contribution in [2.45, 2.75) is 25.6 Å². The standard InChI is InChI=1S/C18H23F2N5O/c19-16-2-1-13(7-17(16)20)11-25-5-4-24(12-15(25)3-6-26)10-14-8-22-18(21)23-9-14/h1-2,7-9,15,26H,3-6,10-12H2,(H2,21,22,23). The summed E-state index contributed by atoms with van der Waals surface area (Å²) in [6.07, 6.45) is 4.06. The van der Waals surface area contributed by atoms with E-state index in [1.54, 1.807) is 18.5 Å². The zero-order valence-corrected chi connectivity index (χ0v) is 14.5. The minimum absolute atomic E-state index is 0.0811. The van der Waals surface area contributed by atoms with Crippen LogP contribution < -0.4 is 5.73 Å². The molecule has 0 bridgehead atoms. The quantitative estimate of drug-likeness (QED) is 0.808. The summed E-state index contributed by atoms with van der Waals surface area (Å²) in [6.45, 7) is 3.70. The van der Waals surface area contributed by atoms with Gasteiger partial charge in [0.15, 0.2) is 11.6 Å².